The summed E-state index contributed by atoms with van der Waals surface area (Å²) in [6.07, 6.45) is 0.691. The van der Waals surface area contributed by atoms with E-state index in [1.54, 1.807) is 42.5 Å². The molecule has 5 rings (SSSR count). The maximum atomic E-state index is 13.4. The van der Waals surface area contributed by atoms with Gasteiger partial charge in [0.2, 0.25) is 0 Å². The van der Waals surface area contributed by atoms with Gasteiger partial charge < -0.3 is 19.8 Å². The second-order valence-corrected chi connectivity index (χ2v) is 8.07. The number of rotatable bonds is 4. The lowest BCUT2D eigenvalue weighted by Crippen LogP contribution is -2.29. The summed E-state index contributed by atoms with van der Waals surface area (Å²) in [6.45, 7) is 0.598. The van der Waals surface area contributed by atoms with Crippen molar-refractivity contribution in [3.8, 4) is 11.5 Å². The summed E-state index contributed by atoms with van der Waals surface area (Å²) >= 11 is 0. The van der Waals surface area contributed by atoms with Gasteiger partial charge in [0.1, 0.15) is 23.1 Å². The molecule has 3 aromatic carbocycles. The van der Waals surface area contributed by atoms with Crippen LogP contribution in [0.2, 0.25) is 0 Å². The molecule has 2 N–H and O–H groups in total. The number of hydrogen-bond acceptors (Lipinski definition) is 5. The van der Waals surface area contributed by atoms with Crippen LogP contribution in [0.3, 0.4) is 0 Å². The van der Waals surface area contributed by atoms with Crippen molar-refractivity contribution < 1.29 is 28.9 Å². The number of Topliss-reactive ketones (excluding diaryl/α,β-unsaturated/α-hetero) is 1. The maximum Gasteiger partial charge on any atom is 0.295 e. The number of fused-ring (bicyclic) bond motifs is 1. The number of aromatic hydroxyl groups is 1. The molecule has 2 aliphatic heterocycles. The van der Waals surface area contributed by atoms with Gasteiger partial charge in [-0.3, -0.25) is 9.59 Å². The molecule has 7 heteroatoms. The normalized spacial score (nSPS) is 18.9. The summed E-state index contributed by atoms with van der Waals surface area (Å²) in [4.78, 5) is 27.5. The van der Waals surface area contributed by atoms with E-state index in [9.17, 15) is 24.2 Å². The van der Waals surface area contributed by atoms with E-state index in [0.29, 0.717) is 29.7 Å². The van der Waals surface area contributed by atoms with Gasteiger partial charge in [-0.2, -0.15) is 0 Å². The van der Waals surface area contributed by atoms with Crippen LogP contribution >= 0.6 is 0 Å². The zero-order chi connectivity index (χ0) is 23.1. The standard InChI is InChI=1S/C26H20FNO5/c27-19-6-1-15(2-7-19)14-28-23(16-3-8-20(29)9-4-16)22(25(31)26(28)32)24(30)18-5-10-21-17(13-18)11-12-33-21/h1-10,13,23,29-30H,11-12,14H2/b24-22-. The molecule has 0 saturated carbocycles. The fraction of sp³-hybridized carbons (Fsp3) is 0.154. The van der Waals surface area contributed by atoms with Crippen LogP contribution in [0.25, 0.3) is 5.76 Å². The maximum absolute atomic E-state index is 13.4. The fourth-order valence-corrected chi connectivity index (χ4v) is 4.32. The quantitative estimate of drug-likeness (QED) is 0.359. The van der Waals surface area contributed by atoms with Gasteiger partial charge in [-0.05, 0) is 59.2 Å². The molecule has 1 atom stereocenters. The van der Waals surface area contributed by atoms with E-state index in [2.05, 4.69) is 0 Å². The third-order valence-electron chi connectivity index (χ3n) is 5.98. The minimum Gasteiger partial charge on any atom is -0.508 e. The Morgan fingerprint density at radius 3 is 2.48 bits per heavy atom. The van der Waals surface area contributed by atoms with E-state index < -0.39 is 23.5 Å². The lowest BCUT2D eigenvalue weighted by molar-refractivity contribution is -0.140. The highest BCUT2D eigenvalue weighted by Gasteiger charge is 2.46. The van der Waals surface area contributed by atoms with Gasteiger partial charge in [-0.15, -0.1) is 0 Å². The van der Waals surface area contributed by atoms with E-state index >= 15 is 0 Å². The molecule has 1 amide bonds. The van der Waals surface area contributed by atoms with Crippen LogP contribution in [0.15, 0.2) is 72.3 Å². The molecule has 2 aliphatic rings. The van der Waals surface area contributed by atoms with Gasteiger partial charge in [0.25, 0.3) is 11.7 Å². The molecule has 0 radical (unpaired) electrons. The van der Waals surface area contributed by atoms with E-state index in [-0.39, 0.29) is 23.6 Å². The smallest absolute Gasteiger partial charge is 0.295 e. The average Bonchev–Trinajstić information content (AvgIpc) is 3.38. The van der Waals surface area contributed by atoms with Crippen LogP contribution in [0, 0.1) is 5.82 Å². The molecule has 3 aromatic rings. The highest BCUT2D eigenvalue weighted by Crippen LogP contribution is 2.41. The Morgan fingerprint density at radius 1 is 1.03 bits per heavy atom. The third-order valence-corrected chi connectivity index (χ3v) is 5.98. The summed E-state index contributed by atoms with van der Waals surface area (Å²) in [5, 5.41) is 20.9. The minimum absolute atomic E-state index is 0.0351. The molecule has 166 valence electrons. The molecule has 1 fully saturated rings. The lowest BCUT2D eigenvalue weighted by atomic mass is 9.94. The van der Waals surface area contributed by atoms with Crippen molar-refractivity contribution in [3.05, 3.63) is 100 Å². The average molecular weight is 445 g/mol. The first kappa shape index (κ1) is 20.8. The zero-order valence-corrected chi connectivity index (χ0v) is 17.5. The van der Waals surface area contributed by atoms with Crippen molar-refractivity contribution in [2.24, 2.45) is 0 Å². The van der Waals surface area contributed by atoms with Crippen LogP contribution in [-0.4, -0.2) is 33.4 Å². The molecule has 6 nitrogen and oxygen atoms in total. The molecule has 0 aromatic heterocycles. The van der Waals surface area contributed by atoms with Crippen molar-refractivity contribution in [1.82, 2.24) is 4.90 Å². The predicted octanol–water partition coefficient (Wildman–Crippen LogP) is 4.09. The Kier molecular flexibility index (Phi) is 5.09. The molecule has 0 bridgehead atoms. The van der Waals surface area contributed by atoms with Crippen LogP contribution in [0.4, 0.5) is 4.39 Å². The number of halogens is 1. The molecule has 0 aliphatic carbocycles. The number of carbonyl (C=O) groups excluding carboxylic acids is 2. The number of carbonyl (C=O) groups is 2. The van der Waals surface area contributed by atoms with Gasteiger partial charge in [0.15, 0.2) is 0 Å². The van der Waals surface area contributed by atoms with Gasteiger partial charge in [-0.1, -0.05) is 24.3 Å². The number of benzene rings is 3. The van der Waals surface area contributed by atoms with Crippen molar-refractivity contribution in [1.29, 1.82) is 0 Å². The van der Waals surface area contributed by atoms with Gasteiger partial charge in [0, 0.05) is 18.5 Å². The third kappa shape index (κ3) is 3.71. The van der Waals surface area contributed by atoms with Gasteiger partial charge in [-0.25, -0.2) is 4.39 Å². The van der Waals surface area contributed by atoms with Crippen molar-refractivity contribution in [2.45, 2.75) is 19.0 Å². The predicted molar refractivity (Wildman–Crippen MR) is 118 cm³/mol. The highest BCUT2D eigenvalue weighted by molar-refractivity contribution is 6.46. The van der Waals surface area contributed by atoms with Gasteiger partial charge >= 0.3 is 0 Å². The Labute approximate surface area is 189 Å². The summed E-state index contributed by atoms with van der Waals surface area (Å²) in [6, 6.07) is 16.1. The Balaban J connectivity index is 1.62. The summed E-state index contributed by atoms with van der Waals surface area (Å²) in [7, 11) is 0. The number of ether oxygens (including phenoxy) is 1. The van der Waals surface area contributed by atoms with E-state index in [4.69, 9.17) is 4.74 Å². The Morgan fingerprint density at radius 2 is 1.76 bits per heavy atom. The minimum atomic E-state index is -0.875. The number of aliphatic hydroxyl groups excluding tert-OH is 1. The van der Waals surface area contributed by atoms with Crippen LogP contribution in [0.1, 0.15) is 28.3 Å². The number of phenols is 1. The lowest BCUT2D eigenvalue weighted by Gasteiger charge is -2.25. The summed E-state index contributed by atoms with van der Waals surface area (Å²) in [5.74, 6) is -1.47. The molecule has 0 spiro atoms. The number of aliphatic hydroxyl groups is 1. The first-order chi connectivity index (χ1) is 15.9. The molecule has 1 unspecified atom stereocenters. The van der Waals surface area contributed by atoms with Crippen molar-refractivity contribution in [3.63, 3.8) is 0 Å². The van der Waals surface area contributed by atoms with Gasteiger partial charge in [0.05, 0.1) is 18.2 Å². The second-order valence-electron chi connectivity index (χ2n) is 8.07. The number of likely N-dealkylation sites (tertiary alicyclic amines) is 1. The Bertz CT molecular complexity index is 1280. The van der Waals surface area contributed by atoms with Crippen molar-refractivity contribution in [2.75, 3.05) is 6.61 Å². The monoisotopic (exact) mass is 445 g/mol. The van der Waals surface area contributed by atoms with Crippen LogP contribution < -0.4 is 4.74 Å². The number of nitrogens with zero attached hydrogens (tertiary/aromatic N) is 1. The highest BCUT2D eigenvalue weighted by atomic mass is 19.1. The zero-order valence-electron chi connectivity index (χ0n) is 17.5. The number of amides is 1. The molecule has 2 heterocycles. The van der Waals surface area contributed by atoms with Crippen molar-refractivity contribution >= 4 is 17.4 Å². The fourth-order valence-electron chi connectivity index (χ4n) is 4.32. The van der Waals surface area contributed by atoms with E-state index in [1.165, 1.54) is 29.2 Å². The number of phenolic OH excluding ortho intramolecular Hbond substituents is 1. The SMILES string of the molecule is O=C1C(=O)N(Cc2ccc(F)cc2)C(c2ccc(O)cc2)/C1=C(/O)c1ccc2c(c1)CCO2. The van der Waals surface area contributed by atoms with E-state index in [1.807, 2.05) is 0 Å². The van der Waals surface area contributed by atoms with Crippen LogP contribution in [0.5, 0.6) is 11.5 Å². The summed E-state index contributed by atoms with van der Waals surface area (Å²) < 4.78 is 18.9. The second kappa shape index (κ2) is 8.09. The summed E-state index contributed by atoms with van der Waals surface area (Å²) in [5.41, 5.74) is 2.49. The first-order valence-electron chi connectivity index (χ1n) is 10.5. The van der Waals surface area contributed by atoms with Crippen LogP contribution in [-0.2, 0) is 22.6 Å². The first-order valence-corrected chi connectivity index (χ1v) is 10.5. The molecule has 33 heavy (non-hydrogen) atoms. The molecular weight excluding hydrogens is 425 g/mol. The van der Waals surface area contributed by atoms with E-state index in [0.717, 1.165) is 11.3 Å². The Hall–Kier alpha value is -4.13. The molecule has 1 saturated heterocycles. The largest absolute Gasteiger partial charge is 0.508 e. The topological polar surface area (TPSA) is 87.1 Å². The number of ketones is 1. The molecular formula is C26H20FNO5. The number of hydrogen-bond donors (Lipinski definition) is 2.